The normalized spacial score (nSPS) is 18.0. The lowest BCUT2D eigenvalue weighted by Crippen LogP contribution is -2.23. The highest BCUT2D eigenvalue weighted by Gasteiger charge is 2.26. The van der Waals surface area contributed by atoms with Gasteiger partial charge in [-0.15, -0.1) is 0 Å². The van der Waals surface area contributed by atoms with E-state index >= 15 is 0 Å². The average molecular weight is 301 g/mol. The zero-order valence-corrected chi connectivity index (χ0v) is 12.8. The Labute approximate surface area is 129 Å². The zero-order chi connectivity index (χ0) is 15.7. The van der Waals surface area contributed by atoms with Crippen LogP contribution in [0.1, 0.15) is 42.1 Å². The summed E-state index contributed by atoms with van der Waals surface area (Å²) in [7, 11) is 1.61. The zero-order valence-electron chi connectivity index (χ0n) is 12.8. The van der Waals surface area contributed by atoms with Gasteiger partial charge in [-0.2, -0.15) is 0 Å². The highest BCUT2D eigenvalue weighted by Crippen LogP contribution is 2.36. The maximum Gasteiger partial charge on any atom is 0.126 e. The summed E-state index contributed by atoms with van der Waals surface area (Å²) in [5.74, 6) is 0.821. The van der Waals surface area contributed by atoms with E-state index in [0.717, 1.165) is 35.3 Å². The molecule has 116 valence electrons. The van der Waals surface area contributed by atoms with Crippen LogP contribution in [0, 0.1) is 5.82 Å². The number of halogens is 1. The van der Waals surface area contributed by atoms with Gasteiger partial charge in [-0.05, 0) is 55.2 Å². The molecule has 1 aliphatic rings. The fourth-order valence-corrected chi connectivity index (χ4v) is 3.23. The Balaban J connectivity index is 1.84. The second-order valence-corrected chi connectivity index (χ2v) is 5.71. The van der Waals surface area contributed by atoms with E-state index in [-0.39, 0.29) is 23.7 Å². The van der Waals surface area contributed by atoms with Gasteiger partial charge < -0.3 is 15.2 Å². The van der Waals surface area contributed by atoms with Crippen molar-refractivity contribution < 1.29 is 14.2 Å². The van der Waals surface area contributed by atoms with Gasteiger partial charge in [-0.3, -0.25) is 0 Å². The molecule has 0 saturated heterocycles. The third-order valence-electron chi connectivity index (χ3n) is 4.34. The molecule has 0 amide bonds. The van der Waals surface area contributed by atoms with Crippen molar-refractivity contribution in [2.24, 2.45) is 0 Å². The van der Waals surface area contributed by atoms with Crippen LogP contribution in [0.5, 0.6) is 11.5 Å². The van der Waals surface area contributed by atoms with Gasteiger partial charge in [0.15, 0.2) is 0 Å². The molecule has 2 aromatic carbocycles. The number of phenolic OH excluding ortho intramolecular Hbond substituents is 1. The average Bonchev–Trinajstić information content (AvgIpc) is 2.92. The lowest BCUT2D eigenvalue weighted by atomic mass is 10.0. The van der Waals surface area contributed by atoms with Crippen molar-refractivity contribution in [1.29, 1.82) is 0 Å². The molecule has 2 unspecified atom stereocenters. The van der Waals surface area contributed by atoms with E-state index in [9.17, 15) is 9.50 Å². The van der Waals surface area contributed by atoms with Crippen LogP contribution in [0.2, 0.25) is 0 Å². The lowest BCUT2D eigenvalue weighted by molar-refractivity contribution is 0.390. The first kappa shape index (κ1) is 14.9. The van der Waals surface area contributed by atoms with Crippen molar-refractivity contribution in [3.8, 4) is 11.5 Å². The predicted molar refractivity (Wildman–Crippen MR) is 83.7 cm³/mol. The van der Waals surface area contributed by atoms with Gasteiger partial charge in [0.25, 0.3) is 0 Å². The molecular formula is C18H20FNO2. The van der Waals surface area contributed by atoms with E-state index in [2.05, 4.69) is 5.32 Å². The Bertz CT molecular complexity index is 687. The third kappa shape index (κ3) is 2.66. The van der Waals surface area contributed by atoms with Gasteiger partial charge in [0, 0.05) is 17.6 Å². The Morgan fingerprint density at radius 3 is 2.91 bits per heavy atom. The molecule has 3 nitrogen and oxygen atoms in total. The standard InChI is InChI=1S/C18H20FNO2/c1-11(15-10-12(21)6-9-18(15)22-2)20-17-8-7-13-14(17)4-3-5-16(13)19/h3-6,9-11,17,20-21H,7-8H2,1-2H3. The molecule has 0 spiro atoms. The van der Waals surface area contributed by atoms with Crippen LogP contribution in [0.3, 0.4) is 0 Å². The molecule has 2 atom stereocenters. The summed E-state index contributed by atoms with van der Waals surface area (Å²) in [6.45, 7) is 2.02. The maximum atomic E-state index is 13.8. The molecule has 0 aliphatic heterocycles. The monoisotopic (exact) mass is 301 g/mol. The first-order valence-corrected chi connectivity index (χ1v) is 7.50. The Kier molecular flexibility index (Phi) is 4.03. The minimum atomic E-state index is -0.121. The molecule has 2 aromatic rings. The number of phenols is 1. The maximum absolute atomic E-state index is 13.8. The van der Waals surface area contributed by atoms with Crippen LogP contribution < -0.4 is 10.1 Å². The minimum absolute atomic E-state index is 0.0127. The molecule has 0 radical (unpaired) electrons. The smallest absolute Gasteiger partial charge is 0.126 e. The lowest BCUT2D eigenvalue weighted by Gasteiger charge is -2.22. The first-order chi connectivity index (χ1) is 10.6. The van der Waals surface area contributed by atoms with Gasteiger partial charge in [0.2, 0.25) is 0 Å². The van der Waals surface area contributed by atoms with Crippen LogP contribution in [0.15, 0.2) is 36.4 Å². The van der Waals surface area contributed by atoms with Gasteiger partial charge in [-0.1, -0.05) is 12.1 Å². The number of fused-ring (bicyclic) bond motifs is 1. The number of methoxy groups -OCH3 is 1. The van der Waals surface area contributed by atoms with Gasteiger partial charge in [0.05, 0.1) is 7.11 Å². The Morgan fingerprint density at radius 2 is 2.14 bits per heavy atom. The molecule has 0 bridgehead atoms. The highest BCUT2D eigenvalue weighted by molar-refractivity contribution is 5.42. The summed E-state index contributed by atoms with van der Waals surface area (Å²) in [5.41, 5.74) is 2.74. The SMILES string of the molecule is COc1ccc(O)cc1C(C)NC1CCc2c(F)cccc21. The van der Waals surface area contributed by atoms with Gasteiger partial charge in [-0.25, -0.2) is 4.39 Å². The summed E-state index contributed by atoms with van der Waals surface area (Å²) in [6.07, 6.45) is 1.63. The number of benzene rings is 2. The largest absolute Gasteiger partial charge is 0.508 e. The van der Waals surface area contributed by atoms with E-state index < -0.39 is 0 Å². The first-order valence-electron chi connectivity index (χ1n) is 7.50. The third-order valence-corrected chi connectivity index (χ3v) is 4.34. The topological polar surface area (TPSA) is 41.5 Å². The van der Waals surface area contributed by atoms with Crippen molar-refractivity contribution in [2.75, 3.05) is 7.11 Å². The van der Waals surface area contributed by atoms with E-state index in [0.29, 0.717) is 0 Å². The van der Waals surface area contributed by atoms with Crippen molar-refractivity contribution >= 4 is 0 Å². The predicted octanol–water partition coefficient (Wildman–Crippen LogP) is 3.88. The molecule has 3 rings (SSSR count). The molecule has 0 saturated carbocycles. The van der Waals surface area contributed by atoms with Crippen LogP contribution in [0.4, 0.5) is 4.39 Å². The van der Waals surface area contributed by atoms with Gasteiger partial charge >= 0.3 is 0 Å². The number of nitrogens with one attached hydrogen (secondary N) is 1. The van der Waals surface area contributed by atoms with E-state index in [1.165, 1.54) is 6.07 Å². The van der Waals surface area contributed by atoms with E-state index in [1.54, 1.807) is 31.4 Å². The summed E-state index contributed by atoms with van der Waals surface area (Å²) >= 11 is 0. The van der Waals surface area contributed by atoms with Gasteiger partial charge in [0.1, 0.15) is 17.3 Å². The quantitative estimate of drug-likeness (QED) is 0.900. The second kappa shape index (κ2) is 5.97. The van der Waals surface area contributed by atoms with Crippen LogP contribution in [-0.2, 0) is 6.42 Å². The van der Waals surface area contributed by atoms with Crippen molar-refractivity contribution in [3.05, 3.63) is 58.9 Å². The summed E-state index contributed by atoms with van der Waals surface area (Å²) in [6, 6.07) is 10.4. The molecule has 22 heavy (non-hydrogen) atoms. The van der Waals surface area contributed by atoms with Crippen LogP contribution >= 0.6 is 0 Å². The molecular weight excluding hydrogens is 281 g/mol. The molecule has 0 heterocycles. The molecule has 2 N–H and O–H groups in total. The van der Waals surface area contributed by atoms with E-state index in [1.807, 2.05) is 13.0 Å². The number of aromatic hydroxyl groups is 1. The van der Waals surface area contributed by atoms with Crippen molar-refractivity contribution in [3.63, 3.8) is 0 Å². The highest BCUT2D eigenvalue weighted by atomic mass is 19.1. The molecule has 0 aromatic heterocycles. The number of rotatable bonds is 4. The number of hydrogen-bond donors (Lipinski definition) is 2. The molecule has 4 heteroatoms. The summed E-state index contributed by atoms with van der Waals surface area (Å²) < 4.78 is 19.2. The number of ether oxygens (including phenoxy) is 1. The fraction of sp³-hybridized carbons (Fsp3) is 0.333. The van der Waals surface area contributed by atoms with E-state index in [4.69, 9.17) is 4.74 Å². The Morgan fingerprint density at radius 1 is 1.32 bits per heavy atom. The minimum Gasteiger partial charge on any atom is -0.508 e. The Hall–Kier alpha value is -2.07. The molecule has 0 fully saturated rings. The summed E-state index contributed by atoms with van der Waals surface area (Å²) in [4.78, 5) is 0. The molecule has 1 aliphatic carbocycles. The van der Waals surface area contributed by atoms with Crippen LogP contribution in [0.25, 0.3) is 0 Å². The van der Waals surface area contributed by atoms with Crippen molar-refractivity contribution in [1.82, 2.24) is 5.32 Å². The number of hydrogen-bond acceptors (Lipinski definition) is 3. The second-order valence-electron chi connectivity index (χ2n) is 5.71. The fourth-order valence-electron chi connectivity index (χ4n) is 3.23. The van der Waals surface area contributed by atoms with Crippen LogP contribution in [-0.4, -0.2) is 12.2 Å². The van der Waals surface area contributed by atoms with Crippen molar-refractivity contribution in [2.45, 2.75) is 31.8 Å². The summed E-state index contributed by atoms with van der Waals surface area (Å²) in [5, 5.41) is 13.2.